The molecule has 5 nitrogen and oxygen atoms in total. The molecule has 2 amide bonds. The maximum atomic E-state index is 12.3. The number of benzene rings is 1. The van der Waals surface area contributed by atoms with Gasteiger partial charge in [-0.1, -0.05) is 12.1 Å². The molecule has 1 atom stereocenters. The number of primary amides is 1. The zero-order valence-electron chi connectivity index (χ0n) is 12.8. The molecule has 2 aliphatic rings. The summed E-state index contributed by atoms with van der Waals surface area (Å²) in [5.74, 6) is 0.0693. The molecule has 1 aromatic carbocycles. The molecular formula is C17H23N3O2. The summed E-state index contributed by atoms with van der Waals surface area (Å²) in [5.41, 5.74) is 6.99. The molecule has 3 rings (SSSR count). The van der Waals surface area contributed by atoms with Crippen molar-refractivity contribution in [2.75, 3.05) is 19.6 Å². The molecule has 2 fully saturated rings. The van der Waals surface area contributed by atoms with Gasteiger partial charge in [0, 0.05) is 30.6 Å². The van der Waals surface area contributed by atoms with E-state index in [9.17, 15) is 9.59 Å². The van der Waals surface area contributed by atoms with Crippen molar-refractivity contribution in [1.82, 2.24) is 10.2 Å². The van der Waals surface area contributed by atoms with Gasteiger partial charge in [-0.15, -0.1) is 0 Å². The number of nitrogens with two attached hydrogens (primary N) is 1. The number of carbonyl (C=O) groups excluding carboxylic acids is 2. The minimum atomic E-state index is -0.403. The quantitative estimate of drug-likeness (QED) is 0.859. The van der Waals surface area contributed by atoms with Crippen LogP contribution in [-0.4, -0.2) is 42.4 Å². The molecule has 0 radical (unpaired) electrons. The van der Waals surface area contributed by atoms with Crippen LogP contribution in [0.4, 0.5) is 0 Å². The van der Waals surface area contributed by atoms with E-state index in [-0.39, 0.29) is 11.8 Å². The number of rotatable bonds is 5. The van der Waals surface area contributed by atoms with Crippen molar-refractivity contribution in [2.45, 2.75) is 37.6 Å². The monoisotopic (exact) mass is 301 g/mol. The predicted octanol–water partition coefficient (Wildman–Crippen LogP) is 1.24. The fraction of sp³-hybridized carbons (Fsp3) is 0.529. The van der Waals surface area contributed by atoms with Gasteiger partial charge in [-0.3, -0.25) is 9.59 Å². The van der Waals surface area contributed by atoms with Crippen LogP contribution in [0.5, 0.6) is 0 Å². The standard InChI is InChI=1S/C17H23N3O2/c18-17(22)13-4-1-3-12(9-13)14-5-2-8-20(11-14)16(21)10-19-15-6-7-15/h1,3-4,9,14-15,19H,2,5-8,10-11H2,(H2,18,22). The van der Waals surface area contributed by atoms with Gasteiger partial charge in [-0.2, -0.15) is 0 Å². The van der Waals surface area contributed by atoms with Crippen molar-refractivity contribution in [1.29, 1.82) is 0 Å². The summed E-state index contributed by atoms with van der Waals surface area (Å²) < 4.78 is 0. The van der Waals surface area contributed by atoms with Gasteiger partial charge in [0.25, 0.3) is 0 Å². The van der Waals surface area contributed by atoms with Crippen LogP contribution in [0.25, 0.3) is 0 Å². The summed E-state index contributed by atoms with van der Waals surface area (Å²) in [6.07, 6.45) is 4.42. The summed E-state index contributed by atoms with van der Waals surface area (Å²) in [6, 6.07) is 8.04. The van der Waals surface area contributed by atoms with Crippen molar-refractivity contribution in [3.8, 4) is 0 Å². The zero-order chi connectivity index (χ0) is 15.5. The number of amides is 2. The van der Waals surface area contributed by atoms with Gasteiger partial charge in [-0.25, -0.2) is 0 Å². The predicted molar refractivity (Wildman–Crippen MR) is 84.5 cm³/mol. The van der Waals surface area contributed by atoms with Crippen molar-refractivity contribution in [3.63, 3.8) is 0 Å². The van der Waals surface area contributed by atoms with E-state index in [1.54, 1.807) is 6.07 Å². The van der Waals surface area contributed by atoms with Gasteiger partial charge in [-0.05, 0) is 43.4 Å². The number of nitrogens with one attached hydrogen (secondary N) is 1. The summed E-state index contributed by atoms with van der Waals surface area (Å²) in [7, 11) is 0. The first-order chi connectivity index (χ1) is 10.6. The Morgan fingerprint density at radius 1 is 1.27 bits per heavy atom. The lowest BCUT2D eigenvalue weighted by Crippen LogP contribution is -2.43. The fourth-order valence-corrected chi connectivity index (χ4v) is 3.05. The highest BCUT2D eigenvalue weighted by atomic mass is 16.2. The molecule has 1 heterocycles. The summed E-state index contributed by atoms with van der Waals surface area (Å²) in [6.45, 7) is 2.00. The molecule has 22 heavy (non-hydrogen) atoms. The third kappa shape index (κ3) is 3.65. The molecule has 0 bridgehead atoms. The molecule has 1 aromatic rings. The molecule has 1 unspecified atom stereocenters. The largest absolute Gasteiger partial charge is 0.366 e. The Kier molecular flexibility index (Phi) is 4.43. The number of hydrogen-bond acceptors (Lipinski definition) is 3. The van der Waals surface area contributed by atoms with E-state index in [1.807, 2.05) is 23.1 Å². The molecule has 1 saturated carbocycles. The molecule has 0 aromatic heterocycles. The van der Waals surface area contributed by atoms with Crippen molar-refractivity contribution in [2.24, 2.45) is 5.73 Å². The molecule has 1 aliphatic carbocycles. The fourth-order valence-electron chi connectivity index (χ4n) is 3.05. The maximum Gasteiger partial charge on any atom is 0.248 e. The first-order valence-corrected chi connectivity index (χ1v) is 8.04. The van der Waals surface area contributed by atoms with E-state index in [0.717, 1.165) is 31.5 Å². The smallest absolute Gasteiger partial charge is 0.248 e. The Labute approximate surface area is 130 Å². The van der Waals surface area contributed by atoms with Gasteiger partial charge < -0.3 is 16.0 Å². The van der Waals surface area contributed by atoms with Crippen LogP contribution in [0.1, 0.15) is 47.5 Å². The molecule has 118 valence electrons. The van der Waals surface area contributed by atoms with Crippen molar-refractivity contribution < 1.29 is 9.59 Å². The van der Waals surface area contributed by atoms with Crippen molar-refractivity contribution >= 4 is 11.8 Å². The summed E-state index contributed by atoms with van der Waals surface area (Å²) in [5, 5.41) is 3.28. The molecule has 1 saturated heterocycles. The molecule has 0 spiro atoms. The number of likely N-dealkylation sites (tertiary alicyclic amines) is 1. The Morgan fingerprint density at radius 3 is 2.82 bits per heavy atom. The second-order valence-corrected chi connectivity index (χ2v) is 6.32. The Morgan fingerprint density at radius 2 is 2.09 bits per heavy atom. The first-order valence-electron chi connectivity index (χ1n) is 8.04. The molecule has 1 aliphatic heterocycles. The van der Waals surface area contributed by atoms with E-state index < -0.39 is 5.91 Å². The highest BCUT2D eigenvalue weighted by molar-refractivity contribution is 5.92. The second-order valence-electron chi connectivity index (χ2n) is 6.32. The minimum absolute atomic E-state index is 0.183. The topological polar surface area (TPSA) is 75.4 Å². The number of piperidine rings is 1. The van der Waals surface area contributed by atoms with E-state index in [4.69, 9.17) is 5.73 Å². The Balaban J connectivity index is 1.63. The van der Waals surface area contributed by atoms with Gasteiger partial charge in [0.05, 0.1) is 6.54 Å². The van der Waals surface area contributed by atoms with Gasteiger partial charge in [0.2, 0.25) is 11.8 Å². The van der Waals surface area contributed by atoms with Crippen LogP contribution < -0.4 is 11.1 Å². The molecule has 3 N–H and O–H groups in total. The summed E-state index contributed by atoms with van der Waals surface area (Å²) in [4.78, 5) is 25.5. The van der Waals surface area contributed by atoms with E-state index >= 15 is 0 Å². The lowest BCUT2D eigenvalue weighted by atomic mass is 9.89. The second kappa shape index (κ2) is 6.48. The van der Waals surface area contributed by atoms with Gasteiger partial charge in [0.15, 0.2) is 0 Å². The average molecular weight is 301 g/mol. The highest BCUT2D eigenvalue weighted by Crippen LogP contribution is 2.27. The van der Waals surface area contributed by atoms with Crippen LogP contribution >= 0.6 is 0 Å². The van der Waals surface area contributed by atoms with Gasteiger partial charge in [0.1, 0.15) is 0 Å². The molecular weight excluding hydrogens is 278 g/mol. The lowest BCUT2D eigenvalue weighted by Gasteiger charge is -2.33. The lowest BCUT2D eigenvalue weighted by molar-refractivity contribution is -0.131. The van der Waals surface area contributed by atoms with Crippen LogP contribution in [-0.2, 0) is 4.79 Å². The normalized spacial score (nSPS) is 21.6. The van der Waals surface area contributed by atoms with E-state index in [1.165, 1.54) is 12.8 Å². The average Bonchev–Trinajstić information content (AvgIpc) is 3.37. The first kappa shape index (κ1) is 15.0. The Hall–Kier alpha value is -1.88. The van der Waals surface area contributed by atoms with Crippen LogP contribution in [0.2, 0.25) is 0 Å². The van der Waals surface area contributed by atoms with Gasteiger partial charge >= 0.3 is 0 Å². The Bertz CT molecular complexity index is 569. The number of carbonyl (C=O) groups is 2. The maximum absolute atomic E-state index is 12.3. The van der Waals surface area contributed by atoms with Crippen molar-refractivity contribution in [3.05, 3.63) is 35.4 Å². The number of nitrogens with zero attached hydrogens (tertiary/aromatic N) is 1. The molecule has 5 heteroatoms. The van der Waals surface area contributed by atoms with Crippen LogP contribution in [0, 0.1) is 0 Å². The third-order valence-electron chi connectivity index (χ3n) is 4.54. The van der Waals surface area contributed by atoms with Crippen LogP contribution in [0.3, 0.4) is 0 Å². The highest BCUT2D eigenvalue weighted by Gasteiger charge is 2.27. The SMILES string of the molecule is NC(=O)c1cccc(C2CCCN(C(=O)CNC3CC3)C2)c1. The van der Waals surface area contributed by atoms with Crippen LogP contribution in [0.15, 0.2) is 24.3 Å². The third-order valence-corrected chi connectivity index (χ3v) is 4.54. The number of hydrogen-bond donors (Lipinski definition) is 2. The van der Waals surface area contributed by atoms with E-state index in [0.29, 0.717) is 18.2 Å². The van der Waals surface area contributed by atoms with E-state index in [2.05, 4.69) is 5.32 Å². The summed E-state index contributed by atoms with van der Waals surface area (Å²) >= 11 is 0. The minimum Gasteiger partial charge on any atom is -0.366 e. The zero-order valence-corrected chi connectivity index (χ0v) is 12.8.